The fraction of sp³-hybridized carbons (Fsp3) is 0.417. The molecule has 0 atom stereocenters. The Bertz CT molecular complexity index is 413. The molecule has 1 aromatic heterocycles. The fourth-order valence-corrected chi connectivity index (χ4v) is 1.80. The first-order valence-corrected chi connectivity index (χ1v) is 5.13. The second-order valence-electron chi connectivity index (χ2n) is 3.63. The van der Waals surface area contributed by atoms with Gasteiger partial charge in [-0.1, -0.05) is 19.1 Å². The van der Waals surface area contributed by atoms with E-state index in [9.17, 15) is 4.79 Å². The van der Waals surface area contributed by atoms with Crippen LogP contribution in [-0.4, -0.2) is 0 Å². The van der Waals surface area contributed by atoms with Gasteiger partial charge in [-0.3, -0.25) is 0 Å². The summed E-state index contributed by atoms with van der Waals surface area (Å²) < 4.78 is 5.21. The van der Waals surface area contributed by atoms with Crippen molar-refractivity contribution in [2.24, 2.45) is 0 Å². The molecular weight excluding hydrogens is 176 g/mol. The Balaban J connectivity index is 2.48. The number of hydrogen-bond donors (Lipinski definition) is 0. The van der Waals surface area contributed by atoms with Crippen molar-refractivity contribution >= 4 is 6.08 Å². The molecule has 0 aliphatic heterocycles. The van der Waals surface area contributed by atoms with Gasteiger partial charge in [-0.05, 0) is 30.9 Å². The first-order chi connectivity index (χ1) is 6.81. The zero-order valence-electron chi connectivity index (χ0n) is 8.38. The van der Waals surface area contributed by atoms with Crippen LogP contribution >= 0.6 is 0 Å². The summed E-state index contributed by atoms with van der Waals surface area (Å²) in [6.45, 7) is 2.08. The van der Waals surface area contributed by atoms with Gasteiger partial charge in [0.1, 0.15) is 5.76 Å². The van der Waals surface area contributed by atoms with E-state index < -0.39 is 0 Å². The van der Waals surface area contributed by atoms with Crippen LogP contribution in [0.25, 0.3) is 6.08 Å². The summed E-state index contributed by atoms with van der Waals surface area (Å²) in [6, 6.07) is 2.03. The smallest absolute Gasteiger partial charge is 0.343 e. The molecule has 0 fully saturated rings. The van der Waals surface area contributed by atoms with Gasteiger partial charge in [0.2, 0.25) is 0 Å². The van der Waals surface area contributed by atoms with Crippen LogP contribution in [0.1, 0.15) is 36.7 Å². The minimum absolute atomic E-state index is 0.179. The molecule has 0 spiro atoms. The highest BCUT2D eigenvalue weighted by molar-refractivity contribution is 5.54. The van der Waals surface area contributed by atoms with Gasteiger partial charge in [0.15, 0.2) is 0 Å². The Morgan fingerprint density at radius 3 is 3.14 bits per heavy atom. The minimum atomic E-state index is -0.179. The molecule has 2 rings (SSSR count). The summed E-state index contributed by atoms with van der Waals surface area (Å²) >= 11 is 0. The second-order valence-corrected chi connectivity index (χ2v) is 3.63. The highest BCUT2D eigenvalue weighted by atomic mass is 16.4. The molecule has 0 saturated carbocycles. The maximum atomic E-state index is 11.5. The van der Waals surface area contributed by atoms with Crippen molar-refractivity contribution in [3.05, 3.63) is 39.4 Å². The van der Waals surface area contributed by atoms with Gasteiger partial charge in [0.05, 0.1) is 5.56 Å². The first kappa shape index (κ1) is 9.25. The average molecular weight is 190 g/mol. The van der Waals surface area contributed by atoms with Crippen LogP contribution in [-0.2, 0) is 12.8 Å². The van der Waals surface area contributed by atoms with Crippen LogP contribution in [0, 0.1) is 0 Å². The van der Waals surface area contributed by atoms with E-state index in [1.54, 1.807) is 0 Å². The number of allylic oxidation sites excluding steroid dienone is 1. The van der Waals surface area contributed by atoms with Crippen LogP contribution in [0.3, 0.4) is 0 Å². The predicted molar refractivity (Wildman–Crippen MR) is 56.3 cm³/mol. The Morgan fingerprint density at radius 2 is 2.36 bits per heavy atom. The summed E-state index contributed by atoms with van der Waals surface area (Å²) in [7, 11) is 0. The molecule has 0 unspecified atom stereocenters. The lowest BCUT2D eigenvalue weighted by atomic mass is 9.99. The molecule has 2 heteroatoms. The molecule has 0 aromatic carbocycles. The van der Waals surface area contributed by atoms with E-state index in [0.717, 1.165) is 42.6 Å². The molecule has 74 valence electrons. The van der Waals surface area contributed by atoms with E-state index in [1.807, 2.05) is 18.2 Å². The highest BCUT2D eigenvalue weighted by Crippen LogP contribution is 2.17. The molecule has 14 heavy (non-hydrogen) atoms. The monoisotopic (exact) mass is 190 g/mol. The van der Waals surface area contributed by atoms with Crippen molar-refractivity contribution < 1.29 is 4.42 Å². The summed E-state index contributed by atoms with van der Waals surface area (Å²) in [5.41, 5.74) is 1.71. The molecule has 1 aromatic rings. The SMILES string of the molecule is CCCc1cc2c(c(=O)o1)C=CCC2. The number of hydrogen-bond acceptors (Lipinski definition) is 2. The molecule has 0 N–H and O–H groups in total. The van der Waals surface area contributed by atoms with E-state index in [1.165, 1.54) is 0 Å². The molecule has 1 heterocycles. The summed E-state index contributed by atoms with van der Waals surface area (Å²) in [4.78, 5) is 11.5. The summed E-state index contributed by atoms with van der Waals surface area (Å²) in [5.74, 6) is 0.826. The average Bonchev–Trinajstić information content (AvgIpc) is 2.18. The minimum Gasteiger partial charge on any atom is -0.427 e. The summed E-state index contributed by atoms with van der Waals surface area (Å²) in [5, 5.41) is 0. The van der Waals surface area contributed by atoms with Crippen LogP contribution in [0.4, 0.5) is 0 Å². The molecule has 1 aliphatic carbocycles. The maximum Gasteiger partial charge on any atom is 0.343 e. The third kappa shape index (κ3) is 1.65. The quantitative estimate of drug-likeness (QED) is 0.717. The summed E-state index contributed by atoms with van der Waals surface area (Å²) in [6.07, 6.45) is 7.76. The molecule has 2 nitrogen and oxygen atoms in total. The number of rotatable bonds is 2. The number of aryl methyl sites for hydroxylation is 2. The van der Waals surface area contributed by atoms with E-state index >= 15 is 0 Å². The van der Waals surface area contributed by atoms with Crippen LogP contribution in [0.15, 0.2) is 21.4 Å². The van der Waals surface area contributed by atoms with E-state index in [2.05, 4.69) is 6.92 Å². The van der Waals surface area contributed by atoms with Gasteiger partial charge in [0.25, 0.3) is 0 Å². The lowest BCUT2D eigenvalue weighted by Gasteiger charge is -2.09. The number of fused-ring (bicyclic) bond motifs is 1. The van der Waals surface area contributed by atoms with Gasteiger partial charge in [-0.2, -0.15) is 0 Å². The Hall–Kier alpha value is -1.31. The Morgan fingerprint density at radius 1 is 1.50 bits per heavy atom. The van der Waals surface area contributed by atoms with Crippen molar-refractivity contribution in [1.82, 2.24) is 0 Å². The van der Waals surface area contributed by atoms with Crippen LogP contribution in [0.2, 0.25) is 0 Å². The molecule has 0 radical (unpaired) electrons. The van der Waals surface area contributed by atoms with E-state index in [4.69, 9.17) is 4.42 Å². The zero-order valence-corrected chi connectivity index (χ0v) is 8.38. The van der Waals surface area contributed by atoms with Gasteiger partial charge < -0.3 is 4.42 Å². The van der Waals surface area contributed by atoms with Crippen molar-refractivity contribution in [3.63, 3.8) is 0 Å². The van der Waals surface area contributed by atoms with Crippen LogP contribution < -0.4 is 5.63 Å². The largest absolute Gasteiger partial charge is 0.427 e. The highest BCUT2D eigenvalue weighted by Gasteiger charge is 2.11. The van der Waals surface area contributed by atoms with E-state index in [0.29, 0.717) is 0 Å². The van der Waals surface area contributed by atoms with Crippen molar-refractivity contribution in [2.75, 3.05) is 0 Å². The fourth-order valence-electron chi connectivity index (χ4n) is 1.80. The Kier molecular flexibility index (Phi) is 2.53. The predicted octanol–water partition coefficient (Wildman–Crippen LogP) is 2.55. The van der Waals surface area contributed by atoms with Crippen LogP contribution in [0.5, 0.6) is 0 Å². The van der Waals surface area contributed by atoms with Gasteiger partial charge >= 0.3 is 5.63 Å². The van der Waals surface area contributed by atoms with Gasteiger partial charge in [0, 0.05) is 6.42 Å². The van der Waals surface area contributed by atoms with Gasteiger partial charge in [-0.25, -0.2) is 4.79 Å². The van der Waals surface area contributed by atoms with Crippen molar-refractivity contribution in [3.8, 4) is 0 Å². The topological polar surface area (TPSA) is 30.2 Å². The molecule has 1 aliphatic rings. The second kappa shape index (κ2) is 3.82. The first-order valence-electron chi connectivity index (χ1n) is 5.13. The maximum absolute atomic E-state index is 11.5. The Labute approximate surface area is 83.3 Å². The van der Waals surface area contributed by atoms with Crippen molar-refractivity contribution in [1.29, 1.82) is 0 Å². The van der Waals surface area contributed by atoms with Gasteiger partial charge in [-0.15, -0.1) is 0 Å². The lowest BCUT2D eigenvalue weighted by molar-refractivity contribution is 0.452. The molecule has 0 bridgehead atoms. The third-order valence-electron chi connectivity index (χ3n) is 2.49. The third-order valence-corrected chi connectivity index (χ3v) is 2.49. The van der Waals surface area contributed by atoms with E-state index in [-0.39, 0.29) is 5.63 Å². The molecule has 0 amide bonds. The normalized spacial score (nSPS) is 14.1. The zero-order chi connectivity index (χ0) is 9.97. The lowest BCUT2D eigenvalue weighted by Crippen LogP contribution is -2.11. The standard InChI is InChI=1S/C12H14O2/c1-2-5-10-8-9-6-3-4-7-11(9)12(13)14-10/h4,7-8H,2-3,5-6H2,1H3. The van der Waals surface area contributed by atoms with Crippen molar-refractivity contribution in [2.45, 2.75) is 32.6 Å². The molecule has 0 saturated heterocycles. The molecular formula is C12H14O2.